The van der Waals surface area contributed by atoms with Crippen molar-refractivity contribution in [1.29, 1.82) is 0 Å². The van der Waals surface area contributed by atoms with E-state index >= 15 is 0 Å². The Kier molecular flexibility index (Phi) is 5.43. The van der Waals surface area contributed by atoms with Crippen molar-refractivity contribution in [2.45, 2.75) is 6.92 Å². The second-order valence-electron chi connectivity index (χ2n) is 6.36. The SMILES string of the molecule is CC(=O)N(c1ccccc1Cl)c1onc(-c2c(F)cc(F)cc2F)c1-c1ccncn1. The van der Waals surface area contributed by atoms with Gasteiger partial charge in [0.1, 0.15) is 29.5 Å². The second-order valence-corrected chi connectivity index (χ2v) is 6.76. The van der Waals surface area contributed by atoms with Crippen molar-refractivity contribution in [2.75, 3.05) is 4.90 Å². The van der Waals surface area contributed by atoms with E-state index in [-0.39, 0.29) is 33.5 Å². The fourth-order valence-electron chi connectivity index (χ4n) is 3.10. The molecule has 1 amide bonds. The fraction of sp³-hybridized carbons (Fsp3) is 0.0476. The summed E-state index contributed by atoms with van der Waals surface area (Å²) >= 11 is 6.26. The first-order valence-corrected chi connectivity index (χ1v) is 9.22. The van der Waals surface area contributed by atoms with Crippen LogP contribution in [0.3, 0.4) is 0 Å². The molecule has 0 radical (unpaired) electrons. The third kappa shape index (κ3) is 3.75. The smallest absolute Gasteiger partial charge is 0.248 e. The van der Waals surface area contributed by atoms with Gasteiger partial charge in [0.25, 0.3) is 0 Å². The highest BCUT2D eigenvalue weighted by atomic mass is 35.5. The van der Waals surface area contributed by atoms with Crippen LogP contribution in [0.15, 0.2) is 59.5 Å². The minimum absolute atomic E-state index is 0.00179. The van der Waals surface area contributed by atoms with Gasteiger partial charge < -0.3 is 4.52 Å². The second kappa shape index (κ2) is 8.19. The number of hydrogen-bond acceptors (Lipinski definition) is 5. The molecule has 0 saturated carbocycles. The molecule has 0 aliphatic rings. The number of anilines is 2. The summed E-state index contributed by atoms with van der Waals surface area (Å²) in [6, 6.07) is 8.94. The summed E-state index contributed by atoms with van der Waals surface area (Å²) in [5.74, 6) is -4.16. The monoisotopic (exact) mass is 444 g/mol. The van der Waals surface area contributed by atoms with Gasteiger partial charge in [0, 0.05) is 25.3 Å². The van der Waals surface area contributed by atoms with Crippen LogP contribution < -0.4 is 4.90 Å². The van der Waals surface area contributed by atoms with E-state index in [1.807, 2.05) is 0 Å². The zero-order valence-electron chi connectivity index (χ0n) is 15.8. The van der Waals surface area contributed by atoms with Gasteiger partial charge in [-0.25, -0.2) is 28.0 Å². The summed E-state index contributed by atoms with van der Waals surface area (Å²) in [6.45, 7) is 1.26. The van der Waals surface area contributed by atoms with Crippen LogP contribution in [-0.4, -0.2) is 21.0 Å². The Morgan fingerprint density at radius 3 is 2.39 bits per heavy atom. The number of benzene rings is 2. The molecule has 0 unspecified atom stereocenters. The highest BCUT2D eigenvalue weighted by Gasteiger charge is 2.31. The first-order valence-electron chi connectivity index (χ1n) is 8.84. The van der Waals surface area contributed by atoms with Crippen molar-refractivity contribution in [2.24, 2.45) is 0 Å². The van der Waals surface area contributed by atoms with Crippen molar-refractivity contribution in [3.63, 3.8) is 0 Å². The van der Waals surface area contributed by atoms with Crippen LogP contribution in [0.1, 0.15) is 6.92 Å². The van der Waals surface area contributed by atoms with E-state index in [2.05, 4.69) is 15.1 Å². The van der Waals surface area contributed by atoms with Gasteiger partial charge in [-0.2, -0.15) is 0 Å². The normalized spacial score (nSPS) is 10.9. The Morgan fingerprint density at radius 1 is 1.06 bits per heavy atom. The van der Waals surface area contributed by atoms with Crippen LogP contribution in [0.25, 0.3) is 22.5 Å². The van der Waals surface area contributed by atoms with E-state index in [1.165, 1.54) is 25.5 Å². The minimum Gasteiger partial charge on any atom is -0.336 e. The van der Waals surface area contributed by atoms with Gasteiger partial charge in [-0.05, 0) is 18.2 Å². The standard InChI is InChI=1S/C21H12ClF3N4O2/c1-11(30)29(17-5-3-2-4-13(17)22)21-19(16-6-7-26-10-27-16)20(28-31-21)18-14(24)8-12(23)9-15(18)25/h2-10H,1H3. The molecular weight excluding hydrogens is 433 g/mol. The first-order chi connectivity index (χ1) is 14.9. The van der Waals surface area contributed by atoms with Gasteiger partial charge >= 0.3 is 0 Å². The number of halogens is 4. The molecular formula is C21H12ClF3N4O2. The summed E-state index contributed by atoms with van der Waals surface area (Å²) in [6.07, 6.45) is 2.61. The number of para-hydroxylation sites is 1. The Hall–Kier alpha value is -3.72. The molecule has 0 aliphatic heterocycles. The summed E-state index contributed by atoms with van der Waals surface area (Å²) in [5, 5.41) is 4.02. The summed E-state index contributed by atoms with van der Waals surface area (Å²) in [5.41, 5.74) is -0.506. The average Bonchev–Trinajstić information content (AvgIpc) is 3.13. The molecule has 0 atom stereocenters. The molecule has 0 fully saturated rings. The highest BCUT2D eigenvalue weighted by molar-refractivity contribution is 6.34. The van der Waals surface area contributed by atoms with E-state index in [0.29, 0.717) is 12.1 Å². The number of hydrogen-bond donors (Lipinski definition) is 0. The number of carbonyl (C=O) groups is 1. The maximum atomic E-state index is 14.6. The lowest BCUT2D eigenvalue weighted by molar-refractivity contribution is -0.116. The van der Waals surface area contributed by atoms with Crippen LogP contribution in [0, 0.1) is 17.5 Å². The Balaban J connectivity index is 2.03. The van der Waals surface area contributed by atoms with Gasteiger partial charge in [0.05, 0.1) is 27.5 Å². The fourth-order valence-corrected chi connectivity index (χ4v) is 3.32. The Bertz CT molecular complexity index is 1260. The highest BCUT2D eigenvalue weighted by Crippen LogP contribution is 2.44. The number of carbonyl (C=O) groups excluding carboxylic acids is 1. The zero-order valence-corrected chi connectivity index (χ0v) is 16.6. The van der Waals surface area contributed by atoms with Crippen LogP contribution >= 0.6 is 11.6 Å². The largest absolute Gasteiger partial charge is 0.336 e. The number of aromatic nitrogens is 3. The lowest BCUT2D eigenvalue weighted by Crippen LogP contribution is -2.23. The molecule has 156 valence electrons. The summed E-state index contributed by atoms with van der Waals surface area (Å²) in [4.78, 5) is 21.6. The summed E-state index contributed by atoms with van der Waals surface area (Å²) < 4.78 is 47.9. The molecule has 0 saturated heterocycles. The van der Waals surface area contributed by atoms with E-state index in [4.69, 9.17) is 16.1 Å². The van der Waals surface area contributed by atoms with Gasteiger partial charge in [0.15, 0.2) is 0 Å². The van der Waals surface area contributed by atoms with Crippen molar-refractivity contribution >= 4 is 29.1 Å². The molecule has 6 nitrogen and oxygen atoms in total. The molecule has 4 aromatic rings. The van der Waals surface area contributed by atoms with Crippen molar-refractivity contribution in [3.8, 4) is 22.5 Å². The molecule has 0 aliphatic carbocycles. The molecule has 2 heterocycles. The molecule has 2 aromatic carbocycles. The number of amides is 1. The Labute approximate surface area is 178 Å². The van der Waals surface area contributed by atoms with Gasteiger partial charge in [0.2, 0.25) is 11.8 Å². The Morgan fingerprint density at radius 2 is 1.77 bits per heavy atom. The van der Waals surface area contributed by atoms with Crippen LogP contribution in [0.4, 0.5) is 24.7 Å². The molecule has 2 aromatic heterocycles. The molecule has 31 heavy (non-hydrogen) atoms. The maximum absolute atomic E-state index is 14.6. The number of nitrogens with zero attached hydrogens (tertiary/aromatic N) is 4. The minimum atomic E-state index is -1.19. The van der Waals surface area contributed by atoms with Crippen LogP contribution in [0.5, 0.6) is 0 Å². The molecule has 0 bridgehead atoms. The average molecular weight is 445 g/mol. The quantitative estimate of drug-likeness (QED) is 0.412. The van der Waals surface area contributed by atoms with Gasteiger partial charge in [-0.15, -0.1) is 0 Å². The third-order valence-electron chi connectivity index (χ3n) is 4.37. The van der Waals surface area contributed by atoms with Gasteiger partial charge in [-0.3, -0.25) is 4.79 Å². The zero-order chi connectivity index (χ0) is 22.1. The van der Waals surface area contributed by atoms with E-state index < -0.39 is 28.9 Å². The van der Waals surface area contributed by atoms with E-state index in [0.717, 1.165) is 4.90 Å². The van der Waals surface area contributed by atoms with Gasteiger partial charge in [-0.1, -0.05) is 28.9 Å². The topological polar surface area (TPSA) is 72.1 Å². The van der Waals surface area contributed by atoms with E-state index in [9.17, 15) is 18.0 Å². The van der Waals surface area contributed by atoms with Crippen molar-refractivity contribution < 1.29 is 22.5 Å². The van der Waals surface area contributed by atoms with Crippen molar-refractivity contribution in [1.82, 2.24) is 15.1 Å². The maximum Gasteiger partial charge on any atom is 0.248 e. The number of rotatable bonds is 4. The van der Waals surface area contributed by atoms with Crippen molar-refractivity contribution in [3.05, 3.63) is 77.5 Å². The van der Waals surface area contributed by atoms with E-state index in [1.54, 1.807) is 24.3 Å². The lowest BCUT2D eigenvalue weighted by atomic mass is 10.0. The summed E-state index contributed by atoms with van der Waals surface area (Å²) in [7, 11) is 0. The first kappa shape index (κ1) is 20.5. The molecule has 4 rings (SSSR count). The molecule has 0 spiro atoms. The molecule has 0 N–H and O–H groups in total. The third-order valence-corrected chi connectivity index (χ3v) is 4.69. The van der Waals surface area contributed by atoms with Crippen LogP contribution in [-0.2, 0) is 4.79 Å². The predicted octanol–water partition coefficient (Wildman–Crippen LogP) is 5.55. The lowest BCUT2D eigenvalue weighted by Gasteiger charge is -2.20. The molecule has 10 heteroatoms. The van der Waals surface area contributed by atoms with Crippen LogP contribution in [0.2, 0.25) is 5.02 Å². The predicted molar refractivity (Wildman–Crippen MR) is 107 cm³/mol.